The summed E-state index contributed by atoms with van der Waals surface area (Å²) in [7, 11) is 0. The quantitative estimate of drug-likeness (QED) is 0.768. The summed E-state index contributed by atoms with van der Waals surface area (Å²) in [4.78, 5) is 26.6. The van der Waals surface area contributed by atoms with Crippen LogP contribution in [0.15, 0.2) is 59.8 Å². The van der Waals surface area contributed by atoms with Crippen molar-refractivity contribution in [3.63, 3.8) is 0 Å². The largest absolute Gasteiger partial charge is 0.456 e. The number of cyclic esters (lactones) is 1. The normalized spacial score (nSPS) is 19.9. The lowest BCUT2D eigenvalue weighted by molar-refractivity contribution is -0.136. The standard InChI is InChI=1S/C19H13ClFNO3/c20-13-7-4-8-14(21)17(13)12-9-16(23)22(11-5-2-1-3-6-11)15-10-25-19(24)18(12)15/h1-8,12H,9-10H2. The molecule has 6 heteroatoms. The predicted octanol–water partition coefficient (Wildman–Crippen LogP) is 3.81. The maximum atomic E-state index is 14.4. The molecule has 0 saturated carbocycles. The van der Waals surface area contributed by atoms with Crippen molar-refractivity contribution >= 4 is 29.2 Å². The summed E-state index contributed by atoms with van der Waals surface area (Å²) in [6.07, 6.45) is -0.0521. The Morgan fingerprint density at radius 3 is 2.56 bits per heavy atom. The van der Waals surface area contributed by atoms with Crippen molar-refractivity contribution in [3.05, 3.63) is 76.2 Å². The summed E-state index contributed by atoms with van der Waals surface area (Å²) >= 11 is 6.16. The molecule has 4 rings (SSSR count). The first-order chi connectivity index (χ1) is 12.1. The zero-order valence-corrected chi connectivity index (χ0v) is 13.8. The molecule has 0 aromatic heterocycles. The smallest absolute Gasteiger partial charge is 0.336 e. The van der Waals surface area contributed by atoms with Gasteiger partial charge in [0, 0.05) is 28.6 Å². The lowest BCUT2D eigenvalue weighted by Crippen LogP contribution is -2.37. The molecule has 0 spiro atoms. The van der Waals surface area contributed by atoms with Crippen molar-refractivity contribution in [2.24, 2.45) is 0 Å². The third-order valence-electron chi connectivity index (χ3n) is 4.48. The van der Waals surface area contributed by atoms with Gasteiger partial charge >= 0.3 is 5.97 Å². The Kier molecular flexibility index (Phi) is 3.81. The zero-order chi connectivity index (χ0) is 17.6. The molecular formula is C19H13ClFNO3. The number of ether oxygens (including phenoxy) is 1. The Balaban J connectivity index is 1.89. The first-order valence-corrected chi connectivity index (χ1v) is 8.18. The van der Waals surface area contributed by atoms with Gasteiger partial charge in [-0.15, -0.1) is 0 Å². The molecule has 2 heterocycles. The highest BCUT2D eigenvalue weighted by atomic mass is 35.5. The first kappa shape index (κ1) is 15.8. The van der Waals surface area contributed by atoms with E-state index in [9.17, 15) is 14.0 Å². The molecule has 0 aliphatic carbocycles. The number of benzene rings is 2. The summed E-state index contributed by atoms with van der Waals surface area (Å²) in [5.41, 5.74) is 1.57. The van der Waals surface area contributed by atoms with E-state index in [1.54, 1.807) is 30.3 Å². The highest BCUT2D eigenvalue weighted by Crippen LogP contribution is 2.44. The number of para-hydroxylation sites is 1. The Morgan fingerprint density at radius 2 is 1.84 bits per heavy atom. The lowest BCUT2D eigenvalue weighted by atomic mass is 9.83. The fourth-order valence-electron chi connectivity index (χ4n) is 3.42. The van der Waals surface area contributed by atoms with Crippen molar-refractivity contribution in [1.82, 2.24) is 0 Å². The minimum atomic E-state index is -0.744. The third kappa shape index (κ3) is 2.51. The summed E-state index contributed by atoms with van der Waals surface area (Å²) in [5.74, 6) is -2.04. The fraction of sp³-hybridized carbons (Fsp3) is 0.158. The molecule has 2 aliphatic heterocycles. The molecule has 1 amide bonds. The van der Waals surface area contributed by atoms with E-state index >= 15 is 0 Å². The Labute approximate surface area is 148 Å². The second-order valence-corrected chi connectivity index (χ2v) is 6.30. The van der Waals surface area contributed by atoms with Gasteiger partial charge in [0.05, 0.1) is 11.3 Å². The van der Waals surface area contributed by atoms with Gasteiger partial charge in [-0.2, -0.15) is 0 Å². The van der Waals surface area contributed by atoms with Crippen LogP contribution in [0.3, 0.4) is 0 Å². The second kappa shape index (κ2) is 6.01. The van der Waals surface area contributed by atoms with E-state index in [4.69, 9.17) is 16.3 Å². The lowest BCUT2D eigenvalue weighted by Gasteiger charge is -2.32. The van der Waals surface area contributed by atoms with Crippen molar-refractivity contribution in [2.75, 3.05) is 11.5 Å². The van der Waals surface area contributed by atoms with Crippen LogP contribution in [-0.2, 0) is 14.3 Å². The Hall–Kier alpha value is -2.66. The molecule has 0 bridgehead atoms. The van der Waals surface area contributed by atoms with Gasteiger partial charge in [0.2, 0.25) is 5.91 Å². The van der Waals surface area contributed by atoms with Gasteiger partial charge in [0.1, 0.15) is 12.4 Å². The van der Waals surface area contributed by atoms with E-state index in [1.165, 1.54) is 17.0 Å². The summed E-state index contributed by atoms with van der Waals surface area (Å²) in [6, 6.07) is 13.3. The van der Waals surface area contributed by atoms with Gasteiger partial charge in [0.15, 0.2) is 0 Å². The van der Waals surface area contributed by atoms with Crippen LogP contribution in [0.1, 0.15) is 17.9 Å². The molecule has 0 N–H and O–H groups in total. The minimum Gasteiger partial charge on any atom is -0.456 e. The highest BCUT2D eigenvalue weighted by molar-refractivity contribution is 6.31. The van der Waals surface area contributed by atoms with E-state index in [0.29, 0.717) is 17.0 Å². The van der Waals surface area contributed by atoms with Gasteiger partial charge in [0.25, 0.3) is 0 Å². The van der Waals surface area contributed by atoms with E-state index in [1.807, 2.05) is 6.07 Å². The van der Waals surface area contributed by atoms with Crippen LogP contribution < -0.4 is 4.90 Å². The Bertz CT molecular complexity index is 890. The van der Waals surface area contributed by atoms with Gasteiger partial charge in [-0.05, 0) is 24.3 Å². The molecule has 2 aliphatic rings. The van der Waals surface area contributed by atoms with Crippen molar-refractivity contribution < 1.29 is 18.7 Å². The van der Waals surface area contributed by atoms with E-state index in [0.717, 1.165) is 0 Å². The second-order valence-electron chi connectivity index (χ2n) is 5.89. The van der Waals surface area contributed by atoms with E-state index in [2.05, 4.69) is 0 Å². The molecule has 1 atom stereocenters. The number of amides is 1. The summed E-state index contributed by atoms with van der Waals surface area (Å²) in [5, 5.41) is 0.192. The monoisotopic (exact) mass is 357 g/mol. The number of esters is 1. The van der Waals surface area contributed by atoms with Gasteiger partial charge in [-0.3, -0.25) is 9.69 Å². The average molecular weight is 358 g/mol. The number of carbonyl (C=O) groups is 2. The molecule has 2 aromatic rings. The molecule has 2 aromatic carbocycles. The van der Waals surface area contributed by atoms with Crippen LogP contribution >= 0.6 is 11.6 Å². The molecule has 1 unspecified atom stereocenters. The third-order valence-corrected chi connectivity index (χ3v) is 4.81. The van der Waals surface area contributed by atoms with Crippen molar-refractivity contribution in [2.45, 2.75) is 12.3 Å². The molecule has 126 valence electrons. The number of anilines is 1. The first-order valence-electron chi connectivity index (χ1n) is 7.80. The zero-order valence-electron chi connectivity index (χ0n) is 13.0. The number of halogens is 2. The fourth-order valence-corrected chi connectivity index (χ4v) is 3.72. The number of nitrogens with zero attached hydrogens (tertiary/aromatic N) is 1. The molecule has 25 heavy (non-hydrogen) atoms. The van der Waals surface area contributed by atoms with Crippen LogP contribution in [0, 0.1) is 5.82 Å². The maximum absolute atomic E-state index is 14.4. The minimum absolute atomic E-state index is 0.0165. The summed E-state index contributed by atoms with van der Waals surface area (Å²) in [6.45, 7) is -0.0165. The molecule has 0 fully saturated rings. The van der Waals surface area contributed by atoms with Crippen LogP contribution in [0.25, 0.3) is 0 Å². The van der Waals surface area contributed by atoms with Crippen LogP contribution in [0.5, 0.6) is 0 Å². The average Bonchev–Trinajstić information content (AvgIpc) is 2.97. The number of rotatable bonds is 2. The Morgan fingerprint density at radius 1 is 1.08 bits per heavy atom. The van der Waals surface area contributed by atoms with Gasteiger partial charge in [-0.25, -0.2) is 9.18 Å². The highest BCUT2D eigenvalue weighted by Gasteiger charge is 2.44. The molecule has 0 saturated heterocycles. The molecule has 4 nitrogen and oxygen atoms in total. The summed E-state index contributed by atoms with van der Waals surface area (Å²) < 4.78 is 19.5. The van der Waals surface area contributed by atoms with E-state index in [-0.39, 0.29) is 29.5 Å². The molecule has 0 radical (unpaired) electrons. The maximum Gasteiger partial charge on any atom is 0.336 e. The SMILES string of the molecule is O=C1OCC2=C1C(c1c(F)cccc1Cl)CC(=O)N2c1ccccc1. The number of hydrogen-bond donors (Lipinski definition) is 0. The predicted molar refractivity (Wildman–Crippen MR) is 90.7 cm³/mol. The van der Waals surface area contributed by atoms with Crippen LogP contribution in [0.2, 0.25) is 5.02 Å². The topological polar surface area (TPSA) is 46.6 Å². The van der Waals surface area contributed by atoms with Crippen molar-refractivity contribution in [1.29, 1.82) is 0 Å². The van der Waals surface area contributed by atoms with Gasteiger partial charge < -0.3 is 4.74 Å². The van der Waals surface area contributed by atoms with Crippen LogP contribution in [-0.4, -0.2) is 18.5 Å². The molecular weight excluding hydrogens is 345 g/mol. The number of carbonyl (C=O) groups excluding carboxylic acids is 2. The van der Waals surface area contributed by atoms with Gasteiger partial charge in [-0.1, -0.05) is 35.9 Å². The van der Waals surface area contributed by atoms with Crippen molar-refractivity contribution in [3.8, 4) is 0 Å². The van der Waals surface area contributed by atoms with E-state index < -0.39 is 17.7 Å². The number of hydrogen-bond acceptors (Lipinski definition) is 3. The van der Waals surface area contributed by atoms with Crippen LogP contribution in [0.4, 0.5) is 10.1 Å².